The van der Waals surface area contributed by atoms with Crippen LogP contribution < -0.4 is 5.32 Å². The third kappa shape index (κ3) is 5.66. The van der Waals surface area contributed by atoms with Crippen molar-refractivity contribution in [3.05, 3.63) is 0 Å². The lowest BCUT2D eigenvalue weighted by Crippen LogP contribution is -2.20. The van der Waals surface area contributed by atoms with Crippen LogP contribution in [-0.2, 0) is 9.59 Å². The van der Waals surface area contributed by atoms with E-state index in [9.17, 15) is 9.59 Å². The van der Waals surface area contributed by atoms with Crippen LogP contribution in [0.25, 0.3) is 0 Å². The van der Waals surface area contributed by atoms with Gasteiger partial charge in [-0.2, -0.15) is 0 Å². The third-order valence-electron chi connectivity index (χ3n) is 1.71. The summed E-state index contributed by atoms with van der Waals surface area (Å²) in [5.41, 5.74) is -0.306. The summed E-state index contributed by atoms with van der Waals surface area (Å²) in [6.45, 7) is 3.69. The fourth-order valence-corrected chi connectivity index (χ4v) is 0.558. The number of hydrogen-bond acceptors (Lipinski definition) is 4. The second-order valence-corrected chi connectivity index (χ2v) is 3.95. The highest BCUT2D eigenvalue weighted by molar-refractivity contribution is 6.01. The molecule has 14 heavy (non-hydrogen) atoms. The minimum atomic E-state index is -0.306. The minimum absolute atomic E-state index is 0.0451. The van der Waals surface area contributed by atoms with Gasteiger partial charge in [-0.1, -0.05) is 13.8 Å². The maximum absolute atomic E-state index is 10.1. The Labute approximate surface area is 83.1 Å². The van der Waals surface area contributed by atoms with Gasteiger partial charge in [-0.05, 0) is 0 Å². The Balaban J connectivity index is 0.000000241. The lowest BCUT2D eigenvalue weighted by Gasteiger charge is -2.16. The van der Waals surface area contributed by atoms with Crippen molar-refractivity contribution < 1.29 is 19.8 Å². The highest BCUT2D eigenvalue weighted by Crippen LogP contribution is 2.10. The van der Waals surface area contributed by atoms with Crippen LogP contribution in [0.15, 0.2) is 0 Å². The number of amides is 2. The smallest absolute Gasteiger partial charge is 0.227 e. The Kier molecular flexibility index (Phi) is 5.34. The molecular weight excluding hydrogens is 186 g/mol. The van der Waals surface area contributed by atoms with Gasteiger partial charge in [-0.25, -0.2) is 0 Å². The number of imide groups is 1. The van der Waals surface area contributed by atoms with Gasteiger partial charge in [0.1, 0.15) is 0 Å². The van der Waals surface area contributed by atoms with Gasteiger partial charge in [0, 0.05) is 18.3 Å². The van der Waals surface area contributed by atoms with E-state index in [1.54, 1.807) is 13.8 Å². The molecule has 0 aromatic rings. The molecule has 82 valence electrons. The third-order valence-corrected chi connectivity index (χ3v) is 1.71. The lowest BCUT2D eigenvalue weighted by molar-refractivity contribution is -0.124. The standard InChI is InChI=1S/C5H12O2.C4H5NO2/c1-5(2,3-6)4-7;6-3-1-2-4(7)5-3/h6-7H,3-4H2,1-2H3;1-2H2,(H,5,6,7). The number of rotatable bonds is 2. The van der Waals surface area contributed by atoms with Crippen molar-refractivity contribution in [1.29, 1.82) is 0 Å². The molecule has 0 saturated carbocycles. The summed E-state index contributed by atoms with van der Waals surface area (Å²) in [5.74, 6) is -0.296. The van der Waals surface area contributed by atoms with Crippen LogP contribution in [-0.4, -0.2) is 35.2 Å². The molecule has 0 aromatic heterocycles. The zero-order chi connectivity index (χ0) is 11.2. The first-order valence-corrected chi connectivity index (χ1v) is 4.45. The maximum Gasteiger partial charge on any atom is 0.227 e. The second-order valence-electron chi connectivity index (χ2n) is 3.95. The molecule has 0 aliphatic carbocycles. The molecular formula is C9H17NO4. The van der Waals surface area contributed by atoms with Crippen LogP contribution in [0.5, 0.6) is 0 Å². The molecule has 3 N–H and O–H groups in total. The Bertz CT molecular complexity index is 193. The first-order chi connectivity index (χ1) is 6.41. The van der Waals surface area contributed by atoms with E-state index in [-0.39, 0.29) is 30.4 Å². The minimum Gasteiger partial charge on any atom is -0.396 e. The van der Waals surface area contributed by atoms with Crippen LogP contribution in [0, 0.1) is 5.41 Å². The highest BCUT2D eigenvalue weighted by Gasteiger charge is 2.15. The number of aliphatic hydroxyl groups excluding tert-OH is 2. The van der Waals surface area contributed by atoms with Crippen molar-refractivity contribution in [2.45, 2.75) is 26.7 Å². The van der Waals surface area contributed by atoms with E-state index >= 15 is 0 Å². The first-order valence-electron chi connectivity index (χ1n) is 4.45. The molecule has 1 fully saturated rings. The average molecular weight is 203 g/mol. The molecule has 5 nitrogen and oxygen atoms in total. The summed E-state index contributed by atoms with van der Waals surface area (Å²) >= 11 is 0. The number of aliphatic hydroxyl groups is 2. The van der Waals surface area contributed by atoms with Crippen molar-refractivity contribution in [1.82, 2.24) is 5.32 Å². The first kappa shape index (κ1) is 13.1. The number of nitrogens with one attached hydrogen (secondary N) is 1. The molecule has 0 bridgehead atoms. The summed E-state index contributed by atoms with van der Waals surface area (Å²) < 4.78 is 0. The van der Waals surface area contributed by atoms with E-state index in [4.69, 9.17) is 10.2 Å². The highest BCUT2D eigenvalue weighted by atomic mass is 16.3. The Morgan fingerprint density at radius 1 is 1.14 bits per heavy atom. The van der Waals surface area contributed by atoms with E-state index in [1.807, 2.05) is 0 Å². The number of carbonyl (C=O) groups is 2. The van der Waals surface area contributed by atoms with Crippen molar-refractivity contribution in [2.75, 3.05) is 13.2 Å². The zero-order valence-corrected chi connectivity index (χ0v) is 8.54. The molecule has 1 heterocycles. The van der Waals surface area contributed by atoms with Crippen LogP contribution in [0.1, 0.15) is 26.7 Å². The van der Waals surface area contributed by atoms with E-state index in [2.05, 4.69) is 5.32 Å². The van der Waals surface area contributed by atoms with Crippen molar-refractivity contribution in [2.24, 2.45) is 5.41 Å². The molecule has 0 aromatic carbocycles. The summed E-state index contributed by atoms with van der Waals surface area (Å²) in [4.78, 5) is 20.2. The topological polar surface area (TPSA) is 86.6 Å². The summed E-state index contributed by atoms with van der Waals surface area (Å²) in [5, 5.41) is 19.0. The van der Waals surface area contributed by atoms with Gasteiger partial charge in [0.15, 0.2) is 0 Å². The quantitative estimate of drug-likeness (QED) is 0.524. The predicted molar refractivity (Wildman–Crippen MR) is 50.3 cm³/mol. The zero-order valence-electron chi connectivity index (χ0n) is 8.54. The van der Waals surface area contributed by atoms with Crippen molar-refractivity contribution in [3.8, 4) is 0 Å². The molecule has 2 amide bonds. The fourth-order valence-electron chi connectivity index (χ4n) is 0.558. The normalized spacial score (nSPS) is 16.0. The molecule has 0 radical (unpaired) electrons. The van der Waals surface area contributed by atoms with Crippen LogP contribution in [0.2, 0.25) is 0 Å². The lowest BCUT2D eigenvalue weighted by atomic mass is 9.97. The van der Waals surface area contributed by atoms with Gasteiger partial charge in [0.2, 0.25) is 11.8 Å². The summed E-state index contributed by atoms with van der Waals surface area (Å²) in [6.07, 6.45) is 0.748. The predicted octanol–water partition coefficient (Wildman–Crippen LogP) is -0.580. The maximum atomic E-state index is 10.1. The van der Waals surface area contributed by atoms with Gasteiger partial charge >= 0.3 is 0 Å². The van der Waals surface area contributed by atoms with Crippen LogP contribution >= 0.6 is 0 Å². The van der Waals surface area contributed by atoms with E-state index in [0.29, 0.717) is 12.8 Å². The number of hydrogen-bond donors (Lipinski definition) is 3. The van der Waals surface area contributed by atoms with E-state index < -0.39 is 0 Å². The van der Waals surface area contributed by atoms with Gasteiger partial charge in [-0.15, -0.1) is 0 Å². The fraction of sp³-hybridized carbons (Fsp3) is 0.778. The molecule has 1 aliphatic rings. The van der Waals surface area contributed by atoms with Gasteiger partial charge in [0.25, 0.3) is 0 Å². The Morgan fingerprint density at radius 2 is 1.50 bits per heavy atom. The molecule has 1 aliphatic heterocycles. The SMILES string of the molecule is CC(C)(CO)CO.O=C1CCC(=O)N1. The second kappa shape index (κ2) is 5.72. The molecule has 1 rings (SSSR count). The Hall–Kier alpha value is -0.940. The van der Waals surface area contributed by atoms with Crippen LogP contribution in [0.3, 0.4) is 0 Å². The molecule has 0 atom stereocenters. The monoisotopic (exact) mass is 203 g/mol. The van der Waals surface area contributed by atoms with Crippen molar-refractivity contribution >= 4 is 11.8 Å². The van der Waals surface area contributed by atoms with E-state index in [0.717, 1.165) is 0 Å². The van der Waals surface area contributed by atoms with Crippen LogP contribution in [0.4, 0.5) is 0 Å². The van der Waals surface area contributed by atoms with Crippen molar-refractivity contribution in [3.63, 3.8) is 0 Å². The van der Waals surface area contributed by atoms with Gasteiger partial charge in [-0.3, -0.25) is 14.9 Å². The summed E-state index contributed by atoms with van der Waals surface area (Å²) in [6, 6.07) is 0. The Morgan fingerprint density at radius 3 is 1.57 bits per heavy atom. The van der Waals surface area contributed by atoms with Gasteiger partial charge < -0.3 is 10.2 Å². The molecule has 0 unspecified atom stereocenters. The molecule has 1 saturated heterocycles. The number of carbonyl (C=O) groups excluding carboxylic acids is 2. The van der Waals surface area contributed by atoms with Gasteiger partial charge in [0.05, 0.1) is 13.2 Å². The average Bonchev–Trinajstić information content (AvgIpc) is 2.51. The molecule has 5 heteroatoms. The largest absolute Gasteiger partial charge is 0.396 e. The van der Waals surface area contributed by atoms with E-state index in [1.165, 1.54) is 0 Å². The summed E-state index contributed by atoms with van der Waals surface area (Å²) in [7, 11) is 0. The molecule has 0 spiro atoms.